The van der Waals surface area contributed by atoms with Crippen LogP contribution in [-0.2, 0) is 0 Å². The molecule has 3 rings (SSSR count). The molecule has 2 heterocycles. The van der Waals surface area contributed by atoms with Crippen molar-refractivity contribution in [3.8, 4) is 28.1 Å². The first-order chi connectivity index (χ1) is 10.2. The van der Waals surface area contributed by atoms with Gasteiger partial charge in [-0.2, -0.15) is 5.10 Å². The van der Waals surface area contributed by atoms with Gasteiger partial charge in [0.1, 0.15) is 5.75 Å². The number of aromatic amines is 1. The number of aromatic hydroxyl groups is 1. The van der Waals surface area contributed by atoms with Gasteiger partial charge in [0.15, 0.2) is 0 Å². The van der Waals surface area contributed by atoms with Gasteiger partial charge in [-0.25, -0.2) is 0 Å². The van der Waals surface area contributed by atoms with Gasteiger partial charge in [-0.1, -0.05) is 6.58 Å². The Morgan fingerprint density at radius 3 is 2.57 bits per heavy atom. The monoisotopic (exact) mass is 277 g/mol. The molecule has 4 heteroatoms. The Morgan fingerprint density at radius 1 is 1.14 bits per heavy atom. The number of H-pyrrole nitrogens is 1. The van der Waals surface area contributed by atoms with E-state index < -0.39 is 0 Å². The number of nitrogens with one attached hydrogen (secondary N) is 1. The van der Waals surface area contributed by atoms with E-state index >= 15 is 0 Å². The Morgan fingerprint density at radius 2 is 1.90 bits per heavy atom. The fraction of sp³-hybridized carbons (Fsp3) is 0.0588. The maximum Gasteiger partial charge on any atom is 0.115 e. The van der Waals surface area contributed by atoms with E-state index in [2.05, 4.69) is 21.8 Å². The van der Waals surface area contributed by atoms with Crippen LogP contribution in [0.1, 0.15) is 11.3 Å². The lowest BCUT2D eigenvalue weighted by molar-refractivity contribution is 0.475. The van der Waals surface area contributed by atoms with Crippen LogP contribution in [0.4, 0.5) is 0 Å². The van der Waals surface area contributed by atoms with Crippen LogP contribution in [0.25, 0.3) is 28.5 Å². The largest absolute Gasteiger partial charge is 0.508 e. The predicted octanol–water partition coefficient (Wildman–Crippen LogP) is 3.80. The number of aryl methyl sites for hydroxylation is 1. The first kappa shape index (κ1) is 13.1. The van der Waals surface area contributed by atoms with Crippen LogP contribution in [0, 0.1) is 6.92 Å². The average Bonchev–Trinajstić information content (AvgIpc) is 2.96. The minimum atomic E-state index is 0.251. The summed E-state index contributed by atoms with van der Waals surface area (Å²) < 4.78 is 0. The first-order valence-electron chi connectivity index (χ1n) is 6.61. The molecule has 0 saturated heterocycles. The molecule has 3 aromatic rings. The van der Waals surface area contributed by atoms with Crippen molar-refractivity contribution in [1.29, 1.82) is 0 Å². The van der Waals surface area contributed by atoms with Crippen LogP contribution >= 0.6 is 0 Å². The molecular formula is C17H15N3O. The SMILES string of the molecule is C=Cc1[nH]ncc1-c1cnc(-c2ccc(O)cc2)cc1C. The van der Waals surface area contributed by atoms with Gasteiger partial charge in [-0.15, -0.1) is 0 Å². The standard InChI is InChI=1S/C17H15N3O/c1-3-16-15(10-19-20-16)14-9-18-17(8-11(14)2)12-4-6-13(21)7-5-12/h3-10,21H,1H2,2H3,(H,19,20). The Hall–Kier alpha value is -2.88. The zero-order valence-corrected chi connectivity index (χ0v) is 11.7. The smallest absolute Gasteiger partial charge is 0.115 e. The summed E-state index contributed by atoms with van der Waals surface area (Å²) in [4.78, 5) is 4.51. The first-order valence-corrected chi connectivity index (χ1v) is 6.61. The van der Waals surface area contributed by atoms with Crippen LogP contribution in [0.3, 0.4) is 0 Å². The lowest BCUT2D eigenvalue weighted by Crippen LogP contribution is -1.90. The summed E-state index contributed by atoms with van der Waals surface area (Å²) >= 11 is 0. The molecule has 0 spiro atoms. The molecule has 2 N–H and O–H groups in total. The number of benzene rings is 1. The van der Waals surface area contributed by atoms with Gasteiger partial charge >= 0.3 is 0 Å². The molecule has 2 aromatic heterocycles. The second-order valence-electron chi connectivity index (χ2n) is 4.83. The van der Waals surface area contributed by atoms with E-state index in [9.17, 15) is 5.11 Å². The molecule has 104 valence electrons. The average molecular weight is 277 g/mol. The van der Waals surface area contributed by atoms with Gasteiger partial charge in [0.25, 0.3) is 0 Å². The lowest BCUT2D eigenvalue weighted by Gasteiger charge is -2.08. The van der Waals surface area contributed by atoms with Gasteiger partial charge in [-0.3, -0.25) is 10.1 Å². The van der Waals surface area contributed by atoms with Crippen molar-refractivity contribution >= 4 is 6.08 Å². The molecule has 0 fully saturated rings. The summed E-state index contributed by atoms with van der Waals surface area (Å²) in [6.07, 6.45) is 5.37. The molecule has 0 atom stereocenters. The van der Waals surface area contributed by atoms with E-state index in [4.69, 9.17) is 0 Å². The number of nitrogens with zero attached hydrogens (tertiary/aromatic N) is 2. The molecule has 0 unspecified atom stereocenters. The molecule has 4 nitrogen and oxygen atoms in total. The van der Waals surface area contributed by atoms with Gasteiger partial charge in [-0.05, 0) is 48.9 Å². The van der Waals surface area contributed by atoms with Crippen LogP contribution < -0.4 is 0 Å². The van der Waals surface area contributed by atoms with E-state index in [0.29, 0.717) is 0 Å². The summed E-state index contributed by atoms with van der Waals surface area (Å²) in [5.74, 6) is 0.251. The summed E-state index contributed by atoms with van der Waals surface area (Å²) in [7, 11) is 0. The summed E-state index contributed by atoms with van der Waals surface area (Å²) in [6.45, 7) is 5.82. The van der Waals surface area contributed by atoms with Crippen molar-refractivity contribution in [1.82, 2.24) is 15.2 Å². The topological polar surface area (TPSA) is 61.8 Å². The van der Waals surface area contributed by atoms with Gasteiger partial charge < -0.3 is 5.11 Å². The number of phenolic OH excluding ortho intramolecular Hbond substituents is 1. The highest BCUT2D eigenvalue weighted by Crippen LogP contribution is 2.28. The Labute approximate surface area is 122 Å². The lowest BCUT2D eigenvalue weighted by atomic mass is 10.0. The van der Waals surface area contributed by atoms with Gasteiger partial charge in [0, 0.05) is 22.9 Å². The van der Waals surface area contributed by atoms with Crippen molar-refractivity contribution in [3.05, 3.63) is 60.6 Å². The normalized spacial score (nSPS) is 10.5. The third-order valence-corrected chi connectivity index (χ3v) is 3.44. The van der Waals surface area contributed by atoms with E-state index in [-0.39, 0.29) is 5.75 Å². The number of phenols is 1. The summed E-state index contributed by atoms with van der Waals surface area (Å²) in [5.41, 5.74) is 5.86. The van der Waals surface area contributed by atoms with Gasteiger partial charge in [0.05, 0.1) is 17.6 Å². The highest BCUT2D eigenvalue weighted by Gasteiger charge is 2.10. The molecule has 0 saturated carbocycles. The minimum Gasteiger partial charge on any atom is -0.508 e. The second-order valence-corrected chi connectivity index (χ2v) is 4.83. The Bertz CT molecular complexity index is 788. The van der Waals surface area contributed by atoms with Gasteiger partial charge in [0.2, 0.25) is 0 Å². The summed E-state index contributed by atoms with van der Waals surface area (Å²) in [5, 5.41) is 16.3. The summed E-state index contributed by atoms with van der Waals surface area (Å²) in [6, 6.07) is 9.05. The number of hydrogen-bond donors (Lipinski definition) is 2. The molecule has 0 aliphatic heterocycles. The fourth-order valence-electron chi connectivity index (χ4n) is 2.29. The number of aromatic nitrogens is 3. The molecule has 0 aliphatic carbocycles. The van der Waals surface area contributed by atoms with Crippen LogP contribution in [-0.4, -0.2) is 20.3 Å². The number of rotatable bonds is 3. The minimum absolute atomic E-state index is 0.251. The van der Waals surface area contributed by atoms with E-state index in [1.54, 1.807) is 24.4 Å². The molecule has 0 amide bonds. The molecule has 0 radical (unpaired) electrons. The van der Waals surface area contributed by atoms with E-state index in [0.717, 1.165) is 33.6 Å². The third-order valence-electron chi connectivity index (χ3n) is 3.44. The maximum atomic E-state index is 9.34. The highest BCUT2D eigenvalue weighted by atomic mass is 16.3. The third kappa shape index (κ3) is 2.43. The van der Waals surface area contributed by atoms with Crippen molar-refractivity contribution in [2.45, 2.75) is 6.92 Å². The van der Waals surface area contributed by atoms with Crippen molar-refractivity contribution in [3.63, 3.8) is 0 Å². The van der Waals surface area contributed by atoms with Crippen LogP contribution in [0.15, 0.2) is 49.3 Å². The van der Waals surface area contributed by atoms with Crippen LogP contribution in [0.2, 0.25) is 0 Å². The van der Waals surface area contributed by atoms with E-state index in [1.807, 2.05) is 31.3 Å². The highest BCUT2D eigenvalue weighted by molar-refractivity contribution is 5.75. The van der Waals surface area contributed by atoms with Crippen LogP contribution in [0.5, 0.6) is 5.75 Å². The Balaban J connectivity index is 2.04. The molecule has 0 aliphatic rings. The fourth-order valence-corrected chi connectivity index (χ4v) is 2.29. The zero-order valence-electron chi connectivity index (χ0n) is 11.7. The van der Waals surface area contributed by atoms with Crippen molar-refractivity contribution in [2.75, 3.05) is 0 Å². The zero-order chi connectivity index (χ0) is 14.8. The predicted molar refractivity (Wildman–Crippen MR) is 83.7 cm³/mol. The second kappa shape index (κ2) is 5.25. The quantitative estimate of drug-likeness (QED) is 0.765. The molecule has 21 heavy (non-hydrogen) atoms. The molecule has 0 bridgehead atoms. The molecule has 1 aromatic carbocycles. The van der Waals surface area contributed by atoms with Crippen molar-refractivity contribution < 1.29 is 5.11 Å². The number of pyridine rings is 1. The maximum absolute atomic E-state index is 9.34. The van der Waals surface area contributed by atoms with E-state index in [1.165, 1.54) is 0 Å². The van der Waals surface area contributed by atoms with Crippen molar-refractivity contribution in [2.24, 2.45) is 0 Å². The Kier molecular flexibility index (Phi) is 3.28. The number of hydrogen-bond acceptors (Lipinski definition) is 3. The molecular weight excluding hydrogens is 262 g/mol.